The summed E-state index contributed by atoms with van der Waals surface area (Å²) in [6, 6.07) is 8.30. The Balaban J connectivity index is 1.63. The van der Waals surface area contributed by atoms with Gasteiger partial charge in [-0.05, 0) is 58.4 Å². The molecule has 1 heterocycles. The Morgan fingerprint density at radius 2 is 1.95 bits per heavy atom. The molecule has 1 fully saturated rings. The van der Waals surface area contributed by atoms with E-state index in [0.29, 0.717) is 0 Å². The minimum atomic E-state index is 0.728. The number of likely N-dealkylation sites (tertiary alicyclic amines) is 1. The Morgan fingerprint density at radius 3 is 2.75 bits per heavy atom. The van der Waals surface area contributed by atoms with Crippen LogP contribution in [0.3, 0.4) is 0 Å². The van der Waals surface area contributed by atoms with Gasteiger partial charge in [-0.1, -0.05) is 24.6 Å². The molecule has 3 heteroatoms. The van der Waals surface area contributed by atoms with E-state index in [1.54, 1.807) is 0 Å². The molecule has 0 aromatic heterocycles. The van der Waals surface area contributed by atoms with Gasteiger partial charge in [0.1, 0.15) is 5.75 Å². The van der Waals surface area contributed by atoms with Crippen molar-refractivity contribution in [2.45, 2.75) is 39.2 Å². The molecule has 1 N–H and O–H groups in total. The fraction of sp³-hybridized carbons (Fsp3) is 0.647. The summed E-state index contributed by atoms with van der Waals surface area (Å²) < 4.78 is 5.64. The van der Waals surface area contributed by atoms with Gasteiger partial charge < -0.3 is 15.0 Å². The van der Waals surface area contributed by atoms with Gasteiger partial charge in [-0.2, -0.15) is 0 Å². The van der Waals surface area contributed by atoms with Gasteiger partial charge >= 0.3 is 0 Å². The van der Waals surface area contributed by atoms with Gasteiger partial charge in [-0.25, -0.2) is 0 Å². The number of nitrogens with one attached hydrogen (secondary N) is 1. The summed E-state index contributed by atoms with van der Waals surface area (Å²) in [7, 11) is 0. The van der Waals surface area contributed by atoms with E-state index in [2.05, 4.69) is 22.3 Å². The SMILES string of the molecule is CCOc1ccccc1CNCCCN1CCCCC1. The van der Waals surface area contributed by atoms with E-state index in [9.17, 15) is 0 Å². The lowest BCUT2D eigenvalue weighted by molar-refractivity contribution is 0.225. The van der Waals surface area contributed by atoms with Crippen molar-refractivity contribution in [1.82, 2.24) is 10.2 Å². The summed E-state index contributed by atoms with van der Waals surface area (Å²) in [5, 5.41) is 3.53. The average molecular weight is 276 g/mol. The van der Waals surface area contributed by atoms with Crippen LogP contribution in [0.1, 0.15) is 38.2 Å². The molecule has 2 rings (SSSR count). The van der Waals surface area contributed by atoms with Gasteiger partial charge in [-0.15, -0.1) is 0 Å². The normalized spacial score (nSPS) is 16.2. The first kappa shape index (κ1) is 15.3. The first-order chi connectivity index (χ1) is 9.90. The fourth-order valence-electron chi connectivity index (χ4n) is 2.78. The van der Waals surface area contributed by atoms with Gasteiger partial charge in [0.25, 0.3) is 0 Å². The van der Waals surface area contributed by atoms with Crippen molar-refractivity contribution in [3.8, 4) is 5.75 Å². The number of ether oxygens (including phenoxy) is 1. The zero-order chi connectivity index (χ0) is 14.0. The monoisotopic (exact) mass is 276 g/mol. The first-order valence-corrected chi connectivity index (χ1v) is 8.04. The van der Waals surface area contributed by atoms with Gasteiger partial charge in [0.15, 0.2) is 0 Å². The lowest BCUT2D eigenvalue weighted by Crippen LogP contribution is -2.32. The summed E-state index contributed by atoms with van der Waals surface area (Å²) >= 11 is 0. The smallest absolute Gasteiger partial charge is 0.123 e. The number of hydrogen-bond acceptors (Lipinski definition) is 3. The number of nitrogens with zero attached hydrogens (tertiary/aromatic N) is 1. The number of benzene rings is 1. The maximum absolute atomic E-state index is 5.64. The molecule has 1 aliphatic rings. The quantitative estimate of drug-likeness (QED) is 0.739. The maximum atomic E-state index is 5.64. The molecule has 0 amide bonds. The lowest BCUT2D eigenvalue weighted by atomic mass is 10.1. The van der Waals surface area contributed by atoms with Crippen molar-refractivity contribution >= 4 is 0 Å². The molecule has 0 spiro atoms. The number of para-hydroxylation sites is 1. The molecule has 1 aromatic carbocycles. The van der Waals surface area contributed by atoms with Crippen molar-refractivity contribution in [3.63, 3.8) is 0 Å². The van der Waals surface area contributed by atoms with Crippen LogP contribution in [-0.4, -0.2) is 37.7 Å². The Bertz CT molecular complexity index is 375. The zero-order valence-electron chi connectivity index (χ0n) is 12.7. The predicted molar refractivity (Wildman–Crippen MR) is 84.2 cm³/mol. The molecular formula is C17H28N2O. The van der Waals surface area contributed by atoms with Crippen LogP contribution < -0.4 is 10.1 Å². The summed E-state index contributed by atoms with van der Waals surface area (Å²) in [5.41, 5.74) is 1.26. The van der Waals surface area contributed by atoms with Crippen molar-refractivity contribution in [2.24, 2.45) is 0 Å². The molecular weight excluding hydrogens is 248 g/mol. The second kappa shape index (κ2) is 8.98. The van der Waals surface area contributed by atoms with E-state index in [1.165, 1.54) is 50.9 Å². The van der Waals surface area contributed by atoms with Crippen LogP contribution in [0.5, 0.6) is 5.75 Å². The highest BCUT2D eigenvalue weighted by Crippen LogP contribution is 2.17. The van der Waals surface area contributed by atoms with Gasteiger partial charge in [0, 0.05) is 12.1 Å². The van der Waals surface area contributed by atoms with Crippen molar-refractivity contribution in [2.75, 3.05) is 32.8 Å². The van der Waals surface area contributed by atoms with Crippen LogP contribution in [0.2, 0.25) is 0 Å². The van der Waals surface area contributed by atoms with Gasteiger partial charge in [0.2, 0.25) is 0 Å². The van der Waals surface area contributed by atoms with E-state index in [4.69, 9.17) is 4.74 Å². The zero-order valence-corrected chi connectivity index (χ0v) is 12.7. The van der Waals surface area contributed by atoms with Crippen molar-refractivity contribution in [1.29, 1.82) is 0 Å². The van der Waals surface area contributed by atoms with Gasteiger partial charge in [-0.3, -0.25) is 0 Å². The minimum Gasteiger partial charge on any atom is -0.494 e. The largest absolute Gasteiger partial charge is 0.494 e. The predicted octanol–water partition coefficient (Wildman–Crippen LogP) is 3.05. The standard InChI is InChI=1S/C17H28N2O/c1-2-20-17-10-5-4-9-16(17)15-18-11-8-14-19-12-6-3-7-13-19/h4-5,9-10,18H,2-3,6-8,11-15H2,1H3. The second-order valence-corrected chi connectivity index (χ2v) is 5.47. The summed E-state index contributed by atoms with van der Waals surface area (Å²) in [6.45, 7) is 8.57. The molecule has 0 bridgehead atoms. The Morgan fingerprint density at radius 1 is 1.15 bits per heavy atom. The molecule has 0 radical (unpaired) electrons. The number of rotatable bonds is 8. The molecule has 112 valence electrons. The molecule has 0 aliphatic carbocycles. The van der Waals surface area contributed by atoms with Crippen LogP contribution >= 0.6 is 0 Å². The van der Waals surface area contributed by atoms with Crippen molar-refractivity contribution < 1.29 is 4.74 Å². The summed E-state index contributed by atoms with van der Waals surface area (Å²) in [6.07, 6.45) is 5.42. The highest BCUT2D eigenvalue weighted by Gasteiger charge is 2.08. The van der Waals surface area contributed by atoms with E-state index in [0.717, 1.165) is 25.4 Å². The first-order valence-electron chi connectivity index (χ1n) is 8.04. The van der Waals surface area contributed by atoms with E-state index >= 15 is 0 Å². The van der Waals surface area contributed by atoms with Crippen LogP contribution in [0.25, 0.3) is 0 Å². The number of piperidine rings is 1. The minimum absolute atomic E-state index is 0.728. The molecule has 1 aromatic rings. The van der Waals surface area contributed by atoms with E-state index < -0.39 is 0 Å². The lowest BCUT2D eigenvalue weighted by Gasteiger charge is -2.26. The highest BCUT2D eigenvalue weighted by atomic mass is 16.5. The Labute approximate surface area is 123 Å². The second-order valence-electron chi connectivity index (χ2n) is 5.47. The third-order valence-electron chi connectivity index (χ3n) is 3.86. The highest BCUT2D eigenvalue weighted by molar-refractivity contribution is 5.33. The molecule has 0 unspecified atom stereocenters. The van der Waals surface area contributed by atoms with Crippen LogP contribution in [0.4, 0.5) is 0 Å². The van der Waals surface area contributed by atoms with E-state index in [1.807, 2.05) is 19.1 Å². The third-order valence-corrected chi connectivity index (χ3v) is 3.86. The molecule has 1 aliphatic heterocycles. The maximum Gasteiger partial charge on any atom is 0.123 e. The summed E-state index contributed by atoms with van der Waals surface area (Å²) in [4.78, 5) is 2.60. The van der Waals surface area contributed by atoms with Crippen molar-refractivity contribution in [3.05, 3.63) is 29.8 Å². The van der Waals surface area contributed by atoms with E-state index in [-0.39, 0.29) is 0 Å². The van der Waals surface area contributed by atoms with Crippen LogP contribution in [-0.2, 0) is 6.54 Å². The fourth-order valence-corrected chi connectivity index (χ4v) is 2.78. The summed E-state index contributed by atoms with van der Waals surface area (Å²) in [5.74, 6) is 1.01. The topological polar surface area (TPSA) is 24.5 Å². The third kappa shape index (κ3) is 5.14. The van der Waals surface area contributed by atoms with Crippen LogP contribution in [0.15, 0.2) is 24.3 Å². The van der Waals surface area contributed by atoms with Gasteiger partial charge in [0.05, 0.1) is 6.61 Å². The Kier molecular flexibility index (Phi) is 6.89. The number of hydrogen-bond donors (Lipinski definition) is 1. The molecule has 3 nitrogen and oxygen atoms in total. The molecule has 0 atom stereocenters. The average Bonchev–Trinajstić information content (AvgIpc) is 2.50. The molecule has 1 saturated heterocycles. The molecule has 0 saturated carbocycles. The Hall–Kier alpha value is -1.06. The molecule has 20 heavy (non-hydrogen) atoms. The van der Waals surface area contributed by atoms with Crippen LogP contribution in [0, 0.1) is 0 Å².